The summed E-state index contributed by atoms with van der Waals surface area (Å²) in [6.45, 7) is 3.39. The molecule has 3 atom stereocenters. The molecule has 4 nitrogen and oxygen atoms in total. The minimum absolute atomic E-state index is 0.0305. The normalized spacial score (nSPS) is 22.3. The van der Waals surface area contributed by atoms with Crippen LogP contribution in [0.4, 0.5) is 5.69 Å². The fourth-order valence-electron chi connectivity index (χ4n) is 3.20. The van der Waals surface area contributed by atoms with E-state index in [0.29, 0.717) is 17.3 Å². The molecule has 2 aromatic rings. The van der Waals surface area contributed by atoms with Crippen molar-refractivity contribution in [1.82, 2.24) is 4.90 Å². The summed E-state index contributed by atoms with van der Waals surface area (Å²) in [6, 6.07) is 17.3. The number of para-hydroxylation sites is 1. The SMILES string of the molecule is CC(C(=O)Nc1ccccc1Cl)N1C[C@@H](N)[C@H](c2ccccc2)C1. The van der Waals surface area contributed by atoms with Crippen LogP contribution >= 0.6 is 11.6 Å². The van der Waals surface area contributed by atoms with E-state index in [4.69, 9.17) is 17.3 Å². The average molecular weight is 344 g/mol. The van der Waals surface area contributed by atoms with E-state index in [1.807, 2.05) is 37.3 Å². The highest BCUT2D eigenvalue weighted by atomic mass is 35.5. The first-order valence-electron chi connectivity index (χ1n) is 8.16. The summed E-state index contributed by atoms with van der Waals surface area (Å²) in [5.74, 6) is 0.186. The topological polar surface area (TPSA) is 58.4 Å². The van der Waals surface area contributed by atoms with E-state index in [0.717, 1.165) is 6.54 Å². The predicted octanol–water partition coefficient (Wildman–Crippen LogP) is 3.09. The summed E-state index contributed by atoms with van der Waals surface area (Å²) < 4.78 is 0. The molecule has 0 spiro atoms. The summed E-state index contributed by atoms with van der Waals surface area (Å²) in [5.41, 5.74) is 8.19. The van der Waals surface area contributed by atoms with Gasteiger partial charge in [-0.3, -0.25) is 9.69 Å². The molecule has 3 rings (SSSR count). The van der Waals surface area contributed by atoms with E-state index in [1.54, 1.807) is 12.1 Å². The van der Waals surface area contributed by atoms with Crippen LogP contribution in [-0.4, -0.2) is 36.0 Å². The first-order valence-corrected chi connectivity index (χ1v) is 8.54. The highest BCUT2D eigenvalue weighted by Crippen LogP contribution is 2.28. The molecule has 0 bridgehead atoms. The number of nitrogens with zero attached hydrogens (tertiary/aromatic N) is 1. The molecule has 0 radical (unpaired) electrons. The minimum atomic E-state index is -0.263. The molecule has 5 heteroatoms. The molecule has 1 amide bonds. The molecular formula is C19H22ClN3O. The number of halogens is 1. The molecule has 0 aliphatic carbocycles. The summed E-state index contributed by atoms with van der Waals surface area (Å²) >= 11 is 6.11. The van der Waals surface area contributed by atoms with Crippen molar-refractivity contribution in [2.75, 3.05) is 18.4 Å². The van der Waals surface area contributed by atoms with Gasteiger partial charge in [0.25, 0.3) is 0 Å². The zero-order valence-electron chi connectivity index (χ0n) is 13.7. The molecule has 1 heterocycles. The van der Waals surface area contributed by atoms with Gasteiger partial charge < -0.3 is 11.1 Å². The minimum Gasteiger partial charge on any atom is -0.326 e. The van der Waals surface area contributed by atoms with Crippen LogP contribution < -0.4 is 11.1 Å². The van der Waals surface area contributed by atoms with Crippen molar-refractivity contribution >= 4 is 23.2 Å². The Labute approximate surface area is 147 Å². The van der Waals surface area contributed by atoms with E-state index in [-0.39, 0.29) is 23.9 Å². The first kappa shape index (κ1) is 17.0. The summed E-state index contributed by atoms with van der Waals surface area (Å²) in [6.07, 6.45) is 0. The summed E-state index contributed by atoms with van der Waals surface area (Å²) in [7, 11) is 0. The van der Waals surface area contributed by atoms with Gasteiger partial charge in [-0.05, 0) is 24.6 Å². The van der Waals surface area contributed by atoms with Crippen LogP contribution in [0.25, 0.3) is 0 Å². The van der Waals surface area contributed by atoms with Gasteiger partial charge >= 0.3 is 0 Å². The van der Waals surface area contributed by atoms with Gasteiger partial charge in [0.1, 0.15) is 0 Å². The van der Waals surface area contributed by atoms with Crippen molar-refractivity contribution in [3.8, 4) is 0 Å². The van der Waals surface area contributed by atoms with Gasteiger partial charge in [-0.2, -0.15) is 0 Å². The number of hydrogen-bond donors (Lipinski definition) is 2. The van der Waals surface area contributed by atoms with Gasteiger partial charge in [-0.1, -0.05) is 54.1 Å². The Bertz CT molecular complexity index is 707. The van der Waals surface area contributed by atoms with Gasteiger partial charge in [-0.15, -0.1) is 0 Å². The molecule has 1 aliphatic rings. The highest BCUT2D eigenvalue weighted by molar-refractivity contribution is 6.33. The summed E-state index contributed by atoms with van der Waals surface area (Å²) in [5, 5.41) is 3.44. The molecule has 3 N–H and O–H groups in total. The second-order valence-electron chi connectivity index (χ2n) is 6.28. The summed E-state index contributed by atoms with van der Waals surface area (Å²) in [4.78, 5) is 14.7. The lowest BCUT2D eigenvalue weighted by Crippen LogP contribution is -2.41. The second kappa shape index (κ2) is 7.34. The number of anilines is 1. The third kappa shape index (κ3) is 3.61. The van der Waals surface area contributed by atoms with Crippen LogP contribution in [0.5, 0.6) is 0 Å². The van der Waals surface area contributed by atoms with Crippen molar-refractivity contribution in [3.63, 3.8) is 0 Å². The first-order chi connectivity index (χ1) is 11.6. The number of likely N-dealkylation sites (tertiary alicyclic amines) is 1. The number of hydrogen-bond acceptors (Lipinski definition) is 3. The average Bonchev–Trinajstić information content (AvgIpc) is 2.98. The third-order valence-electron chi connectivity index (χ3n) is 4.68. The van der Waals surface area contributed by atoms with Crippen LogP contribution in [-0.2, 0) is 4.79 Å². The molecule has 0 aromatic heterocycles. The maximum absolute atomic E-state index is 12.5. The van der Waals surface area contributed by atoms with Crippen molar-refractivity contribution in [2.24, 2.45) is 5.73 Å². The number of rotatable bonds is 4. The monoisotopic (exact) mass is 343 g/mol. The molecule has 1 saturated heterocycles. The van der Waals surface area contributed by atoms with Crippen molar-refractivity contribution in [3.05, 3.63) is 65.2 Å². The van der Waals surface area contributed by atoms with E-state index in [1.165, 1.54) is 5.56 Å². The quantitative estimate of drug-likeness (QED) is 0.896. The largest absolute Gasteiger partial charge is 0.326 e. The van der Waals surface area contributed by atoms with E-state index in [9.17, 15) is 4.79 Å². The molecule has 2 aromatic carbocycles. The highest BCUT2D eigenvalue weighted by Gasteiger charge is 2.35. The molecular weight excluding hydrogens is 322 g/mol. The van der Waals surface area contributed by atoms with Gasteiger partial charge in [-0.25, -0.2) is 0 Å². The molecule has 126 valence electrons. The van der Waals surface area contributed by atoms with E-state index in [2.05, 4.69) is 22.3 Å². The number of nitrogens with one attached hydrogen (secondary N) is 1. The van der Waals surface area contributed by atoms with Crippen LogP contribution in [0.2, 0.25) is 5.02 Å². The lowest BCUT2D eigenvalue weighted by atomic mass is 9.95. The Balaban J connectivity index is 1.66. The zero-order chi connectivity index (χ0) is 17.1. The van der Waals surface area contributed by atoms with Gasteiger partial charge in [0.2, 0.25) is 5.91 Å². The Morgan fingerprint density at radius 2 is 1.83 bits per heavy atom. The van der Waals surface area contributed by atoms with Gasteiger partial charge in [0.05, 0.1) is 16.8 Å². The Kier molecular flexibility index (Phi) is 5.19. The van der Waals surface area contributed by atoms with Crippen LogP contribution in [0, 0.1) is 0 Å². The van der Waals surface area contributed by atoms with Crippen LogP contribution in [0.3, 0.4) is 0 Å². The standard InChI is InChI=1S/C19H22ClN3O/c1-13(19(24)22-18-10-6-5-9-16(18)20)23-11-15(17(21)12-23)14-7-3-2-4-8-14/h2-10,13,15,17H,11-12,21H2,1H3,(H,22,24)/t13?,15-,17+/m0/s1. The number of carbonyl (C=O) groups is 1. The maximum Gasteiger partial charge on any atom is 0.241 e. The number of carbonyl (C=O) groups excluding carboxylic acids is 1. The van der Waals surface area contributed by atoms with Crippen molar-refractivity contribution in [1.29, 1.82) is 0 Å². The Morgan fingerprint density at radius 3 is 2.54 bits per heavy atom. The zero-order valence-corrected chi connectivity index (χ0v) is 14.4. The molecule has 24 heavy (non-hydrogen) atoms. The van der Waals surface area contributed by atoms with Gasteiger partial charge in [0, 0.05) is 25.0 Å². The predicted molar refractivity (Wildman–Crippen MR) is 98.3 cm³/mol. The molecule has 1 fully saturated rings. The maximum atomic E-state index is 12.5. The second-order valence-corrected chi connectivity index (χ2v) is 6.69. The lowest BCUT2D eigenvalue weighted by Gasteiger charge is -2.23. The van der Waals surface area contributed by atoms with Crippen molar-refractivity contribution < 1.29 is 4.79 Å². The number of amides is 1. The number of benzene rings is 2. The van der Waals surface area contributed by atoms with Crippen molar-refractivity contribution in [2.45, 2.75) is 24.9 Å². The van der Waals surface area contributed by atoms with Crippen LogP contribution in [0.1, 0.15) is 18.4 Å². The molecule has 1 aliphatic heterocycles. The fraction of sp³-hybridized carbons (Fsp3) is 0.316. The van der Waals surface area contributed by atoms with E-state index < -0.39 is 0 Å². The number of nitrogens with two attached hydrogens (primary N) is 1. The van der Waals surface area contributed by atoms with Gasteiger partial charge in [0.15, 0.2) is 0 Å². The fourth-order valence-corrected chi connectivity index (χ4v) is 3.38. The third-order valence-corrected chi connectivity index (χ3v) is 5.01. The smallest absolute Gasteiger partial charge is 0.241 e. The van der Waals surface area contributed by atoms with E-state index >= 15 is 0 Å². The van der Waals surface area contributed by atoms with Crippen LogP contribution in [0.15, 0.2) is 54.6 Å². The Hall–Kier alpha value is -1.88. The Morgan fingerprint density at radius 1 is 1.17 bits per heavy atom. The molecule has 1 unspecified atom stereocenters. The lowest BCUT2D eigenvalue weighted by molar-refractivity contribution is -0.120. The molecule has 0 saturated carbocycles.